The van der Waals surface area contributed by atoms with Crippen LogP contribution in [0.25, 0.3) is 0 Å². The second kappa shape index (κ2) is 7.40. The predicted octanol–water partition coefficient (Wildman–Crippen LogP) is 1.54. The summed E-state index contributed by atoms with van der Waals surface area (Å²) in [6.45, 7) is 6.90. The first-order valence-electron chi connectivity index (χ1n) is 7.07. The zero-order valence-corrected chi connectivity index (χ0v) is 14.6. The summed E-state index contributed by atoms with van der Waals surface area (Å²) in [5.41, 5.74) is 0. The van der Waals surface area contributed by atoms with E-state index in [0.717, 1.165) is 5.76 Å². The number of likely N-dealkylation sites (N-methyl/N-ethyl adjacent to an activating group) is 1. The highest BCUT2D eigenvalue weighted by molar-refractivity contribution is 7.86. The van der Waals surface area contributed by atoms with Gasteiger partial charge in [0.05, 0.1) is 6.54 Å². The van der Waals surface area contributed by atoms with Gasteiger partial charge in [-0.2, -0.15) is 17.0 Å². The van der Waals surface area contributed by atoms with Gasteiger partial charge in [-0.3, -0.25) is 0 Å². The molecular formula is C14H27N3O3S. The van der Waals surface area contributed by atoms with Crippen molar-refractivity contribution in [3.05, 3.63) is 23.7 Å². The van der Waals surface area contributed by atoms with Crippen LogP contribution in [-0.2, 0) is 16.8 Å². The smallest absolute Gasteiger partial charge is 0.282 e. The summed E-state index contributed by atoms with van der Waals surface area (Å²) in [6.07, 6.45) is 0. The Morgan fingerprint density at radius 3 is 2.19 bits per heavy atom. The highest BCUT2D eigenvalue weighted by atomic mass is 32.2. The Morgan fingerprint density at radius 1 is 1.14 bits per heavy atom. The van der Waals surface area contributed by atoms with Crippen LogP contribution in [0.3, 0.4) is 0 Å². The van der Waals surface area contributed by atoms with E-state index in [4.69, 9.17) is 4.42 Å². The highest BCUT2D eigenvalue weighted by Crippen LogP contribution is 2.16. The van der Waals surface area contributed by atoms with Crippen LogP contribution in [0.5, 0.6) is 0 Å². The van der Waals surface area contributed by atoms with E-state index in [-0.39, 0.29) is 12.6 Å². The van der Waals surface area contributed by atoms with E-state index < -0.39 is 10.2 Å². The maximum Gasteiger partial charge on any atom is 0.282 e. The van der Waals surface area contributed by atoms with E-state index in [9.17, 15) is 8.42 Å². The van der Waals surface area contributed by atoms with E-state index >= 15 is 0 Å². The number of nitrogens with zero attached hydrogens (tertiary/aromatic N) is 3. The fourth-order valence-electron chi connectivity index (χ4n) is 1.78. The summed E-state index contributed by atoms with van der Waals surface area (Å²) in [4.78, 5) is 1.96. The molecule has 0 atom stereocenters. The Hall–Kier alpha value is -0.890. The minimum atomic E-state index is -3.50. The molecule has 122 valence electrons. The molecule has 1 aromatic rings. The Morgan fingerprint density at radius 2 is 1.76 bits per heavy atom. The number of aryl methyl sites for hydroxylation is 1. The van der Waals surface area contributed by atoms with Gasteiger partial charge >= 0.3 is 0 Å². The fourth-order valence-corrected chi connectivity index (χ4v) is 3.28. The van der Waals surface area contributed by atoms with E-state index in [1.165, 1.54) is 8.61 Å². The summed E-state index contributed by atoms with van der Waals surface area (Å²) < 4.78 is 33.7. The quantitative estimate of drug-likeness (QED) is 0.730. The van der Waals surface area contributed by atoms with Crippen molar-refractivity contribution in [2.24, 2.45) is 0 Å². The normalized spacial score (nSPS) is 13.0. The molecular weight excluding hydrogens is 290 g/mol. The molecule has 1 rings (SSSR count). The van der Waals surface area contributed by atoms with Crippen molar-refractivity contribution < 1.29 is 12.8 Å². The predicted molar refractivity (Wildman–Crippen MR) is 84.2 cm³/mol. The average molecular weight is 317 g/mol. The molecule has 0 saturated heterocycles. The fraction of sp³-hybridized carbons (Fsp3) is 0.714. The molecule has 0 aliphatic carbocycles. The van der Waals surface area contributed by atoms with E-state index in [2.05, 4.69) is 0 Å². The SMILES string of the molecule is Cc1ccc(CN(CCN(C)C)S(=O)(=O)N(C)C(C)C)o1. The molecule has 6 nitrogen and oxygen atoms in total. The minimum absolute atomic E-state index is 0.0878. The van der Waals surface area contributed by atoms with Crippen LogP contribution in [0.2, 0.25) is 0 Å². The molecule has 0 radical (unpaired) electrons. The van der Waals surface area contributed by atoms with Gasteiger partial charge in [-0.15, -0.1) is 0 Å². The van der Waals surface area contributed by atoms with E-state index in [1.807, 2.05) is 51.9 Å². The third-order valence-corrected chi connectivity index (χ3v) is 5.46. The van der Waals surface area contributed by atoms with Gasteiger partial charge in [0, 0.05) is 26.2 Å². The minimum Gasteiger partial charge on any atom is -0.465 e. The lowest BCUT2D eigenvalue weighted by Gasteiger charge is -2.30. The summed E-state index contributed by atoms with van der Waals surface area (Å²) in [6, 6.07) is 3.58. The van der Waals surface area contributed by atoms with Crippen LogP contribution >= 0.6 is 0 Å². The zero-order valence-electron chi connectivity index (χ0n) is 13.8. The van der Waals surface area contributed by atoms with Crippen LogP contribution in [0.15, 0.2) is 16.5 Å². The van der Waals surface area contributed by atoms with Crippen molar-refractivity contribution in [3.63, 3.8) is 0 Å². The molecule has 1 heterocycles. The van der Waals surface area contributed by atoms with Crippen LogP contribution in [0, 0.1) is 6.92 Å². The summed E-state index contributed by atoms with van der Waals surface area (Å²) in [7, 11) is 1.95. The largest absolute Gasteiger partial charge is 0.465 e. The first-order chi connectivity index (χ1) is 9.64. The lowest BCUT2D eigenvalue weighted by molar-refractivity contribution is 0.283. The van der Waals surface area contributed by atoms with Gasteiger partial charge in [0.15, 0.2) is 0 Å². The maximum absolute atomic E-state index is 12.7. The maximum atomic E-state index is 12.7. The molecule has 0 spiro atoms. The van der Waals surface area contributed by atoms with Gasteiger partial charge in [0.1, 0.15) is 11.5 Å². The van der Waals surface area contributed by atoms with Gasteiger partial charge in [-0.1, -0.05) is 0 Å². The Balaban J connectivity index is 2.95. The van der Waals surface area contributed by atoms with Crippen molar-refractivity contribution in [2.75, 3.05) is 34.2 Å². The van der Waals surface area contributed by atoms with E-state index in [0.29, 0.717) is 18.8 Å². The second-order valence-electron chi connectivity index (χ2n) is 5.77. The standard InChI is InChI=1S/C14H27N3O3S/c1-12(2)16(6)21(18,19)17(10-9-15(4)5)11-14-8-7-13(3)20-14/h7-8,12H,9-11H2,1-6H3. The molecule has 0 N–H and O–H groups in total. The van der Waals surface area contributed by atoms with Gasteiger partial charge in [0.2, 0.25) is 0 Å². The molecule has 0 fully saturated rings. The van der Waals surface area contributed by atoms with Crippen LogP contribution in [-0.4, -0.2) is 62.2 Å². The van der Waals surface area contributed by atoms with Gasteiger partial charge < -0.3 is 9.32 Å². The van der Waals surface area contributed by atoms with Crippen molar-refractivity contribution in [1.82, 2.24) is 13.5 Å². The molecule has 0 amide bonds. The Labute approximate surface area is 128 Å². The topological polar surface area (TPSA) is 57.0 Å². The first kappa shape index (κ1) is 18.2. The molecule has 0 saturated carbocycles. The number of furan rings is 1. The molecule has 7 heteroatoms. The average Bonchev–Trinajstić information content (AvgIpc) is 2.78. The lowest BCUT2D eigenvalue weighted by atomic mass is 10.4. The number of hydrogen-bond donors (Lipinski definition) is 0. The van der Waals surface area contributed by atoms with E-state index in [1.54, 1.807) is 7.05 Å². The van der Waals surface area contributed by atoms with Crippen LogP contribution in [0.1, 0.15) is 25.4 Å². The monoisotopic (exact) mass is 317 g/mol. The van der Waals surface area contributed by atoms with Crippen molar-refractivity contribution in [1.29, 1.82) is 0 Å². The van der Waals surface area contributed by atoms with Gasteiger partial charge in [-0.25, -0.2) is 0 Å². The summed E-state index contributed by atoms with van der Waals surface area (Å²) in [5.74, 6) is 1.44. The first-order valence-corrected chi connectivity index (χ1v) is 8.47. The summed E-state index contributed by atoms with van der Waals surface area (Å²) in [5, 5.41) is 0. The number of rotatable bonds is 8. The highest BCUT2D eigenvalue weighted by Gasteiger charge is 2.29. The molecule has 0 aliphatic heterocycles. The van der Waals surface area contributed by atoms with Crippen LogP contribution in [0.4, 0.5) is 0 Å². The summed E-state index contributed by atoms with van der Waals surface area (Å²) >= 11 is 0. The molecule has 0 aliphatic rings. The Bertz CT molecular complexity index is 537. The second-order valence-corrected chi connectivity index (χ2v) is 7.75. The third kappa shape index (κ3) is 5.10. The van der Waals surface area contributed by atoms with Gasteiger partial charge in [0.25, 0.3) is 10.2 Å². The lowest BCUT2D eigenvalue weighted by Crippen LogP contribution is -2.46. The molecule has 21 heavy (non-hydrogen) atoms. The van der Waals surface area contributed by atoms with Crippen LogP contribution < -0.4 is 0 Å². The van der Waals surface area contributed by atoms with Gasteiger partial charge in [-0.05, 0) is 47.0 Å². The molecule has 1 aromatic heterocycles. The molecule has 0 unspecified atom stereocenters. The Kier molecular flexibility index (Phi) is 6.40. The van der Waals surface area contributed by atoms with Crippen molar-refractivity contribution in [3.8, 4) is 0 Å². The zero-order chi connectivity index (χ0) is 16.2. The number of hydrogen-bond acceptors (Lipinski definition) is 4. The molecule has 0 aromatic carbocycles. The molecule has 0 bridgehead atoms. The van der Waals surface area contributed by atoms with Crippen molar-refractivity contribution in [2.45, 2.75) is 33.4 Å². The van der Waals surface area contributed by atoms with Crippen molar-refractivity contribution >= 4 is 10.2 Å². The third-order valence-electron chi connectivity index (χ3n) is 3.34.